The minimum atomic E-state index is -0.483. The van der Waals surface area contributed by atoms with Gasteiger partial charge in [-0.1, -0.05) is 6.08 Å². The van der Waals surface area contributed by atoms with E-state index >= 15 is 0 Å². The van der Waals surface area contributed by atoms with E-state index in [1.807, 2.05) is 37.8 Å². The second-order valence-corrected chi connectivity index (χ2v) is 7.87. The van der Waals surface area contributed by atoms with Gasteiger partial charge in [-0.05, 0) is 32.8 Å². The molecule has 0 unspecified atom stereocenters. The van der Waals surface area contributed by atoms with Crippen molar-refractivity contribution in [2.24, 2.45) is 0 Å². The smallest absolute Gasteiger partial charge is 0.321 e. The summed E-state index contributed by atoms with van der Waals surface area (Å²) in [6.45, 7) is 6.99. The monoisotopic (exact) mass is 405 g/mol. The molecule has 3 amide bonds. The first-order chi connectivity index (χ1) is 13.7. The van der Waals surface area contributed by atoms with Crippen LogP contribution in [0.2, 0.25) is 0 Å². The molecule has 0 spiro atoms. The SMILES string of the molecule is COc1cc(OC)c(C2=CCN(CC(=O)NC(=O)NC(C)(C)C)CC2)c(OC)c1. The van der Waals surface area contributed by atoms with Crippen LogP contribution in [0, 0.1) is 0 Å². The average molecular weight is 405 g/mol. The van der Waals surface area contributed by atoms with E-state index in [4.69, 9.17) is 14.2 Å². The van der Waals surface area contributed by atoms with Gasteiger partial charge in [-0.15, -0.1) is 0 Å². The molecule has 0 fully saturated rings. The number of urea groups is 1. The molecule has 2 N–H and O–H groups in total. The zero-order valence-electron chi connectivity index (χ0n) is 18.0. The number of hydrogen-bond acceptors (Lipinski definition) is 6. The van der Waals surface area contributed by atoms with Crippen molar-refractivity contribution in [2.45, 2.75) is 32.7 Å². The molecule has 0 saturated heterocycles. The van der Waals surface area contributed by atoms with Crippen molar-refractivity contribution in [3.63, 3.8) is 0 Å². The molecule has 0 radical (unpaired) electrons. The Labute approximate surface area is 172 Å². The number of benzene rings is 1. The molecule has 160 valence electrons. The molecule has 0 aliphatic carbocycles. The van der Waals surface area contributed by atoms with Gasteiger partial charge >= 0.3 is 6.03 Å². The molecule has 1 aliphatic heterocycles. The fourth-order valence-corrected chi connectivity index (χ4v) is 3.15. The number of ether oxygens (including phenoxy) is 3. The summed E-state index contributed by atoms with van der Waals surface area (Å²) in [6, 6.07) is 3.17. The molecular formula is C21H31N3O5. The molecule has 8 heteroatoms. The van der Waals surface area contributed by atoms with Gasteiger partial charge in [0.25, 0.3) is 0 Å². The molecule has 2 rings (SSSR count). The summed E-state index contributed by atoms with van der Waals surface area (Å²) in [5, 5.41) is 5.08. The van der Waals surface area contributed by atoms with E-state index in [0.717, 1.165) is 17.6 Å². The number of nitrogens with one attached hydrogen (secondary N) is 2. The normalized spacial score (nSPS) is 14.6. The van der Waals surface area contributed by atoms with Crippen LogP contribution in [0.5, 0.6) is 17.2 Å². The Balaban J connectivity index is 2.04. The highest BCUT2D eigenvalue weighted by Crippen LogP contribution is 2.40. The van der Waals surface area contributed by atoms with E-state index in [0.29, 0.717) is 30.3 Å². The van der Waals surface area contributed by atoms with Gasteiger partial charge in [-0.2, -0.15) is 0 Å². The molecule has 0 saturated carbocycles. The lowest BCUT2D eigenvalue weighted by Crippen LogP contribution is -2.50. The van der Waals surface area contributed by atoms with Crippen molar-refractivity contribution >= 4 is 17.5 Å². The second kappa shape index (κ2) is 9.65. The fraction of sp³-hybridized carbons (Fsp3) is 0.524. The van der Waals surface area contributed by atoms with E-state index in [1.165, 1.54) is 0 Å². The Morgan fingerprint density at radius 3 is 2.14 bits per heavy atom. The third kappa shape index (κ3) is 6.39. The maximum atomic E-state index is 12.1. The number of amides is 3. The Morgan fingerprint density at radius 1 is 1.07 bits per heavy atom. The van der Waals surface area contributed by atoms with Crippen molar-refractivity contribution in [3.8, 4) is 17.2 Å². The number of nitrogens with zero attached hydrogens (tertiary/aromatic N) is 1. The number of carbonyl (C=O) groups is 2. The lowest BCUT2D eigenvalue weighted by Gasteiger charge is -2.27. The van der Waals surface area contributed by atoms with Gasteiger partial charge in [0.15, 0.2) is 0 Å². The van der Waals surface area contributed by atoms with Gasteiger partial charge in [0.1, 0.15) is 17.2 Å². The third-order valence-electron chi connectivity index (χ3n) is 4.44. The number of rotatable bonds is 6. The Kier molecular flexibility index (Phi) is 7.50. The van der Waals surface area contributed by atoms with Crippen LogP contribution in [0.1, 0.15) is 32.8 Å². The number of carbonyl (C=O) groups excluding carboxylic acids is 2. The largest absolute Gasteiger partial charge is 0.496 e. The Bertz CT molecular complexity index is 758. The molecule has 1 aromatic carbocycles. The summed E-state index contributed by atoms with van der Waals surface area (Å²) >= 11 is 0. The van der Waals surface area contributed by atoms with E-state index < -0.39 is 11.6 Å². The highest BCUT2D eigenvalue weighted by Gasteiger charge is 2.23. The third-order valence-corrected chi connectivity index (χ3v) is 4.44. The van der Waals surface area contributed by atoms with Gasteiger partial charge in [-0.3, -0.25) is 15.0 Å². The van der Waals surface area contributed by atoms with Crippen LogP contribution < -0.4 is 24.8 Å². The van der Waals surface area contributed by atoms with Crippen molar-refractivity contribution in [1.29, 1.82) is 0 Å². The van der Waals surface area contributed by atoms with Crippen LogP contribution in [0.3, 0.4) is 0 Å². The van der Waals surface area contributed by atoms with E-state index in [1.54, 1.807) is 21.3 Å². The minimum Gasteiger partial charge on any atom is -0.496 e. The molecule has 8 nitrogen and oxygen atoms in total. The number of methoxy groups -OCH3 is 3. The highest BCUT2D eigenvalue weighted by molar-refractivity contribution is 5.95. The molecule has 0 bridgehead atoms. The Hall–Kier alpha value is -2.74. The standard InChI is InChI=1S/C21H31N3O5/c1-21(2,3)23-20(26)22-18(25)13-24-9-7-14(8-10-24)19-16(28-5)11-15(27-4)12-17(19)29-6/h7,11-12H,8-10,13H2,1-6H3,(H2,22,23,25,26). The molecular weight excluding hydrogens is 374 g/mol. The highest BCUT2D eigenvalue weighted by atomic mass is 16.5. The predicted octanol–water partition coefficient (Wildman–Crippen LogP) is 2.43. The second-order valence-electron chi connectivity index (χ2n) is 7.87. The van der Waals surface area contributed by atoms with Gasteiger partial charge in [0.2, 0.25) is 5.91 Å². The van der Waals surface area contributed by atoms with Crippen LogP contribution in [0.4, 0.5) is 4.79 Å². The zero-order valence-corrected chi connectivity index (χ0v) is 18.0. The van der Waals surface area contributed by atoms with Gasteiger partial charge in [0.05, 0.1) is 33.4 Å². The summed E-state index contributed by atoms with van der Waals surface area (Å²) in [6.07, 6.45) is 2.78. The van der Waals surface area contributed by atoms with Crippen LogP contribution in [-0.4, -0.2) is 63.3 Å². The first-order valence-corrected chi connectivity index (χ1v) is 9.50. The summed E-state index contributed by atoms with van der Waals surface area (Å²) in [5.74, 6) is 1.68. The summed E-state index contributed by atoms with van der Waals surface area (Å²) in [7, 11) is 4.82. The first kappa shape index (κ1) is 22.5. The molecule has 1 aromatic rings. The summed E-state index contributed by atoms with van der Waals surface area (Å²) < 4.78 is 16.4. The topological polar surface area (TPSA) is 89.1 Å². The van der Waals surface area contributed by atoms with E-state index in [9.17, 15) is 9.59 Å². The molecule has 29 heavy (non-hydrogen) atoms. The van der Waals surface area contributed by atoms with Crippen LogP contribution in [-0.2, 0) is 4.79 Å². The van der Waals surface area contributed by atoms with Crippen molar-refractivity contribution in [2.75, 3.05) is 41.0 Å². The summed E-state index contributed by atoms with van der Waals surface area (Å²) in [4.78, 5) is 25.9. The van der Waals surface area contributed by atoms with Crippen molar-refractivity contribution in [1.82, 2.24) is 15.5 Å². The molecule has 0 aromatic heterocycles. The molecule has 1 heterocycles. The predicted molar refractivity (Wildman–Crippen MR) is 112 cm³/mol. The quantitative estimate of drug-likeness (QED) is 0.756. The lowest BCUT2D eigenvalue weighted by molar-refractivity contribution is -0.121. The van der Waals surface area contributed by atoms with E-state index in [-0.39, 0.29) is 12.5 Å². The summed E-state index contributed by atoms with van der Waals surface area (Å²) in [5.41, 5.74) is 1.58. The van der Waals surface area contributed by atoms with Gasteiger partial charge in [-0.25, -0.2) is 4.79 Å². The van der Waals surface area contributed by atoms with Crippen molar-refractivity contribution < 1.29 is 23.8 Å². The fourth-order valence-electron chi connectivity index (χ4n) is 3.15. The minimum absolute atomic E-state index is 0.151. The molecule has 1 aliphatic rings. The zero-order chi connectivity index (χ0) is 21.6. The maximum Gasteiger partial charge on any atom is 0.321 e. The maximum absolute atomic E-state index is 12.1. The van der Waals surface area contributed by atoms with E-state index in [2.05, 4.69) is 16.7 Å². The number of hydrogen-bond donors (Lipinski definition) is 2. The molecule has 0 atom stereocenters. The van der Waals surface area contributed by atoms with Crippen LogP contribution >= 0.6 is 0 Å². The van der Waals surface area contributed by atoms with Crippen molar-refractivity contribution in [3.05, 3.63) is 23.8 Å². The first-order valence-electron chi connectivity index (χ1n) is 9.50. The van der Waals surface area contributed by atoms with Gasteiger partial charge < -0.3 is 19.5 Å². The lowest BCUT2D eigenvalue weighted by atomic mass is 9.97. The average Bonchev–Trinajstić information content (AvgIpc) is 2.65. The number of imide groups is 1. The Morgan fingerprint density at radius 2 is 1.69 bits per heavy atom. The van der Waals surface area contributed by atoms with Crippen LogP contribution in [0.25, 0.3) is 5.57 Å². The van der Waals surface area contributed by atoms with Gasteiger partial charge in [0, 0.05) is 30.8 Å². The van der Waals surface area contributed by atoms with Crippen LogP contribution in [0.15, 0.2) is 18.2 Å².